The number of aliphatic imine (C=N–C) groups is 2. The van der Waals surface area contributed by atoms with Gasteiger partial charge in [-0.15, -0.1) is 0 Å². The van der Waals surface area contributed by atoms with E-state index < -0.39 is 83.5 Å². The number of guanidine groups is 2. The Kier molecular flexibility index (Phi) is 23.8. The van der Waals surface area contributed by atoms with E-state index in [0.29, 0.717) is 5.56 Å². The van der Waals surface area contributed by atoms with Crippen molar-refractivity contribution >= 4 is 96.7 Å². The predicted octanol–water partition coefficient (Wildman–Crippen LogP) is -1.88. The lowest BCUT2D eigenvalue weighted by Gasteiger charge is -2.30. The zero-order chi connectivity index (χ0) is 47.9. The van der Waals surface area contributed by atoms with Crippen molar-refractivity contribution in [2.75, 3.05) is 24.6 Å². The molecule has 8 amide bonds. The van der Waals surface area contributed by atoms with Crippen molar-refractivity contribution in [2.45, 2.75) is 120 Å². The number of halogens is 1. The van der Waals surface area contributed by atoms with E-state index in [-0.39, 0.29) is 93.8 Å². The minimum atomic E-state index is -1.43. The molecule has 2 aliphatic rings. The van der Waals surface area contributed by atoms with E-state index in [1.807, 2.05) is 0 Å². The van der Waals surface area contributed by atoms with Crippen LogP contribution in [0.25, 0.3) is 0 Å². The van der Waals surface area contributed by atoms with Crippen LogP contribution in [0.3, 0.4) is 0 Å². The molecule has 0 unspecified atom stereocenters. The Morgan fingerprint density at radius 3 is 1.83 bits per heavy atom. The van der Waals surface area contributed by atoms with E-state index in [4.69, 9.17) is 34.4 Å². The van der Waals surface area contributed by atoms with E-state index >= 15 is 0 Å². The molecule has 360 valence electrons. The summed E-state index contributed by atoms with van der Waals surface area (Å²) in [5.41, 5.74) is 33.6. The fraction of sp³-hybridized carbons (Fsp3) is 0.600. The molecule has 1 aliphatic heterocycles. The number of nitrogens with two attached hydrogens (primary N) is 6. The average Bonchev–Trinajstić information content (AvgIpc) is 3.23. The van der Waals surface area contributed by atoms with Gasteiger partial charge in [-0.05, 0) is 62.1 Å². The average molecular weight is 1010 g/mol. The summed E-state index contributed by atoms with van der Waals surface area (Å²) in [7, 11) is 2.59. The van der Waals surface area contributed by atoms with Crippen LogP contribution >= 0.6 is 37.5 Å². The van der Waals surface area contributed by atoms with Crippen molar-refractivity contribution in [2.24, 2.45) is 50.3 Å². The van der Waals surface area contributed by atoms with Crippen LogP contribution in [0.5, 0.6) is 0 Å². The molecule has 25 heteroatoms. The molecule has 1 saturated heterocycles. The molecule has 1 aromatic rings. The lowest BCUT2D eigenvalue weighted by atomic mass is 9.84. The Labute approximate surface area is 394 Å². The first kappa shape index (κ1) is 54.0. The maximum Gasteiger partial charge on any atom is 0.244 e. The first-order valence-electron chi connectivity index (χ1n) is 21.4. The van der Waals surface area contributed by atoms with Gasteiger partial charge in [-0.3, -0.25) is 48.3 Å². The monoisotopic (exact) mass is 1010 g/mol. The molecule has 1 saturated carbocycles. The van der Waals surface area contributed by atoms with E-state index in [0.717, 1.165) is 36.6 Å². The summed E-state index contributed by atoms with van der Waals surface area (Å²) in [4.78, 5) is 115. The van der Waals surface area contributed by atoms with Crippen molar-refractivity contribution in [3.05, 3.63) is 34.3 Å². The highest BCUT2D eigenvalue weighted by Gasteiger charge is 2.35. The lowest BCUT2D eigenvalue weighted by molar-refractivity contribution is -0.135. The van der Waals surface area contributed by atoms with Gasteiger partial charge in [-0.25, -0.2) is 0 Å². The summed E-state index contributed by atoms with van der Waals surface area (Å²) in [5, 5.41) is 16.1. The largest absolute Gasteiger partial charge is 0.370 e. The Morgan fingerprint density at radius 1 is 0.723 bits per heavy atom. The number of primary amides is 2. The zero-order valence-corrected chi connectivity index (χ0v) is 39.4. The van der Waals surface area contributed by atoms with Gasteiger partial charge >= 0.3 is 0 Å². The minimum Gasteiger partial charge on any atom is -0.370 e. The first-order valence-corrected chi connectivity index (χ1v) is 24.7. The molecule has 1 heterocycles. The second kappa shape index (κ2) is 28.6. The number of carbonyl (C=O) groups is 8. The molecular formula is C40H63BrN14O8S2. The third-order valence-electron chi connectivity index (χ3n) is 10.5. The fourth-order valence-electron chi connectivity index (χ4n) is 7.14. The van der Waals surface area contributed by atoms with Gasteiger partial charge < -0.3 is 66.3 Å². The standard InChI is InChI=1S/C40H63BrN14O8S2/c41-24-10-4-9-23(17-24)19-32(57)50-25(11-5-15-48-39(44)45)34(59)51-26(12-6-16-49-40(46)47)35(60)52-27(13-14-31(42)56)36(61)53-28(18-22-7-2-1-3-8-22)37(62)55-30-21-65-64-20-29(33(43)58)54-38(30)63/h4,9-10,17,22,25-30H,1-3,5-8,11-16,18-21H2,(H2,42,56)(H2,43,58)(H,50,57)(H,51,59)(H,52,60)(H,53,61)(H,54,63)(H,55,62)(H4,44,45,48)(H4,46,47,49)/t25-,26-,27+,28+,29+,30+/m1/s1. The van der Waals surface area contributed by atoms with Crippen molar-refractivity contribution in [3.8, 4) is 0 Å². The summed E-state index contributed by atoms with van der Waals surface area (Å²) >= 11 is 3.38. The second-order valence-corrected chi connectivity index (χ2v) is 19.3. The van der Waals surface area contributed by atoms with Crippen LogP contribution in [-0.2, 0) is 44.8 Å². The first-order chi connectivity index (χ1) is 30.9. The normalized spacial score (nSPS) is 18.3. The third-order valence-corrected chi connectivity index (χ3v) is 13.4. The van der Waals surface area contributed by atoms with Crippen LogP contribution in [-0.4, -0.2) is 120 Å². The Bertz CT molecular complexity index is 1880. The van der Waals surface area contributed by atoms with Crippen LogP contribution in [0.15, 0.2) is 38.7 Å². The molecule has 0 bridgehead atoms. The van der Waals surface area contributed by atoms with Gasteiger partial charge in [0.25, 0.3) is 0 Å². The number of nitrogens with one attached hydrogen (secondary N) is 6. The van der Waals surface area contributed by atoms with E-state index in [2.05, 4.69) is 57.8 Å². The van der Waals surface area contributed by atoms with Crippen LogP contribution in [0.4, 0.5) is 0 Å². The number of hydrogen-bond acceptors (Lipinski definition) is 12. The molecule has 6 atom stereocenters. The molecule has 1 aliphatic carbocycles. The van der Waals surface area contributed by atoms with Crippen LogP contribution < -0.4 is 66.3 Å². The Balaban J connectivity index is 1.87. The van der Waals surface area contributed by atoms with Crippen LogP contribution in [0.1, 0.15) is 82.6 Å². The summed E-state index contributed by atoms with van der Waals surface area (Å²) in [6, 6.07) is -0.000703. The van der Waals surface area contributed by atoms with Crippen molar-refractivity contribution in [3.63, 3.8) is 0 Å². The van der Waals surface area contributed by atoms with Crippen molar-refractivity contribution in [1.82, 2.24) is 31.9 Å². The van der Waals surface area contributed by atoms with Gasteiger partial charge in [0.1, 0.15) is 36.3 Å². The number of nitrogens with zero attached hydrogens (tertiary/aromatic N) is 2. The number of carbonyl (C=O) groups excluding carboxylic acids is 8. The van der Waals surface area contributed by atoms with Gasteiger partial charge in [0.05, 0.1) is 6.42 Å². The smallest absolute Gasteiger partial charge is 0.244 e. The fourth-order valence-corrected chi connectivity index (χ4v) is 9.92. The van der Waals surface area contributed by atoms with Gasteiger partial charge in [-0.1, -0.05) is 81.8 Å². The molecule has 0 spiro atoms. The molecule has 0 radical (unpaired) electrons. The van der Waals surface area contributed by atoms with E-state index in [9.17, 15) is 38.4 Å². The summed E-state index contributed by atoms with van der Waals surface area (Å²) < 4.78 is 0.758. The van der Waals surface area contributed by atoms with Crippen LogP contribution in [0, 0.1) is 5.92 Å². The zero-order valence-electron chi connectivity index (χ0n) is 36.2. The van der Waals surface area contributed by atoms with E-state index in [1.54, 1.807) is 24.3 Å². The molecule has 65 heavy (non-hydrogen) atoms. The van der Waals surface area contributed by atoms with Gasteiger partial charge in [0.15, 0.2) is 11.9 Å². The SMILES string of the molecule is NC(=O)CC[C@H](NC(=O)[C@@H](CCCN=C(N)N)NC(=O)[C@@H](CCCN=C(N)N)NC(=O)Cc1cccc(Br)c1)C(=O)N[C@@H](CC1CCCCC1)C(=O)N[C@H]1CSSC[C@@H](C(N)=O)NC1=O. The topological polar surface area (TPSA) is 390 Å². The minimum absolute atomic E-state index is 0.0334. The lowest BCUT2D eigenvalue weighted by Crippen LogP contribution is -2.60. The highest BCUT2D eigenvalue weighted by molar-refractivity contribution is 9.10. The summed E-state index contributed by atoms with van der Waals surface area (Å²) in [6.45, 7) is 0.227. The Hall–Kier alpha value is -5.30. The molecule has 18 N–H and O–H groups in total. The maximum atomic E-state index is 14.2. The Morgan fingerprint density at radius 2 is 1.28 bits per heavy atom. The highest BCUT2D eigenvalue weighted by atomic mass is 79.9. The second-order valence-electron chi connectivity index (χ2n) is 15.8. The number of rotatable bonds is 25. The van der Waals surface area contributed by atoms with E-state index in [1.165, 1.54) is 21.6 Å². The molecular weight excluding hydrogens is 949 g/mol. The molecule has 22 nitrogen and oxygen atoms in total. The molecule has 2 fully saturated rings. The summed E-state index contributed by atoms with van der Waals surface area (Å²) in [5.74, 6) is -5.49. The van der Waals surface area contributed by atoms with Gasteiger partial charge in [0, 0.05) is 35.5 Å². The number of amides is 8. The van der Waals surface area contributed by atoms with Gasteiger partial charge in [-0.2, -0.15) is 0 Å². The maximum absolute atomic E-state index is 14.2. The number of benzene rings is 1. The predicted molar refractivity (Wildman–Crippen MR) is 253 cm³/mol. The molecule has 0 aromatic heterocycles. The number of hydrogen-bond donors (Lipinski definition) is 12. The summed E-state index contributed by atoms with van der Waals surface area (Å²) in [6.07, 6.45) is 4.56. The third kappa shape index (κ3) is 21.0. The van der Waals surface area contributed by atoms with Crippen LogP contribution in [0.2, 0.25) is 0 Å². The van der Waals surface area contributed by atoms with Crippen molar-refractivity contribution in [1.29, 1.82) is 0 Å². The van der Waals surface area contributed by atoms with Crippen molar-refractivity contribution < 1.29 is 38.4 Å². The van der Waals surface area contributed by atoms with Gasteiger partial charge in [0.2, 0.25) is 47.3 Å². The quantitative estimate of drug-likeness (QED) is 0.0221. The molecule has 1 aromatic carbocycles. The molecule has 3 rings (SSSR count). The highest BCUT2D eigenvalue weighted by Crippen LogP contribution is 2.28.